The normalized spacial score (nSPS) is 22.2. The first-order chi connectivity index (χ1) is 14.7. The van der Waals surface area contributed by atoms with Gasteiger partial charge < -0.3 is 20.1 Å². The van der Waals surface area contributed by atoms with Crippen LogP contribution in [0.3, 0.4) is 0 Å². The predicted molar refractivity (Wildman–Crippen MR) is 120 cm³/mol. The Morgan fingerprint density at radius 1 is 1.10 bits per heavy atom. The van der Waals surface area contributed by atoms with Crippen LogP contribution in [0.5, 0.6) is 5.75 Å². The highest BCUT2D eigenvalue weighted by atomic mass is 16.5. The lowest BCUT2D eigenvalue weighted by Crippen LogP contribution is -2.50. The smallest absolute Gasteiger partial charge is 0.193 e. The highest BCUT2D eigenvalue weighted by molar-refractivity contribution is 5.80. The number of ether oxygens (including phenoxy) is 1. The molecule has 2 aliphatic rings. The quantitative estimate of drug-likeness (QED) is 0.437. The minimum absolute atomic E-state index is 0.234. The zero-order valence-corrected chi connectivity index (χ0v) is 17.7. The molecule has 6 heteroatoms. The van der Waals surface area contributed by atoms with Crippen LogP contribution in [0.15, 0.2) is 59.6 Å². The Kier molecular flexibility index (Phi) is 6.87. The number of guanidine groups is 1. The lowest BCUT2D eigenvalue weighted by molar-refractivity contribution is -0.0502. The van der Waals surface area contributed by atoms with E-state index in [1.165, 1.54) is 11.1 Å². The second-order valence-electron chi connectivity index (χ2n) is 8.08. The molecule has 0 bridgehead atoms. The third-order valence-electron chi connectivity index (χ3n) is 6.02. The Morgan fingerprint density at radius 2 is 1.90 bits per heavy atom. The van der Waals surface area contributed by atoms with Crippen molar-refractivity contribution >= 4 is 5.96 Å². The third kappa shape index (κ3) is 5.12. The van der Waals surface area contributed by atoms with Gasteiger partial charge in [-0.3, -0.25) is 9.89 Å². The van der Waals surface area contributed by atoms with Gasteiger partial charge in [-0.25, -0.2) is 0 Å². The zero-order chi connectivity index (χ0) is 20.8. The topological polar surface area (TPSA) is 60.3 Å². The average Bonchev–Trinajstić information content (AvgIpc) is 3.21. The summed E-state index contributed by atoms with van der Waals surface area (Å²) in [5, 5.41) is 12.9. The van der Waals surface area contributed by atoms with Crippen LogP contribution in [0.4, 0.5) is 0 Å². The molecular weight excluding hydrogens is 376 g/mol. The number of phenols is 1. The van der Waals surface area contributed by atoms with E-state index in [1.807, 2.05) is 19.2 Å². The molecule has 2 saturated heterocycles. The molecule has 0 saturated carbocycles. The van der Waals surface area contributed by atoms with Gasteiger partial charge in [0.15, 0.2) is 5.96 Å². The fourth-order valence-electron chi connectivity index (χ4n) is 4.43. The number of phenolic OH excluding ortho intramolecular Hbond substituents is 1. The van der Waals surface area contributed by atoms with Gasteiger partial charge in [0.1, 0.15) is 5.75 Å². The highest BCUT2D eigenvalue weighted by Crippen LogP contribution is 2.24. The van der Waals surface area contributed by atoms with Crippen LogP contribution in [0.1, 0.15) is 17.5 Å². The summed E-state index contributed by atoms with van der Waals surface area (Å²) in [5.74, 6) is 1.27. The molecule has 2 aliphatic heterocycles. The van der Waals surface area contributed by atoms with Crippen molar-refractivity contribution in [3.05, 3.63) is 65.7 Å². The number of nitrogens with one attached hydrogen (secondary N) is 1. The number of hydrogen-bond acceptors (Lipinski definition) is 4. The van der Waals surface area contributed by atoms with Gasteiger partial charge >= 0.3 is 0 Å². The number of aromatic hydroxyl groups is 1. The first kappa shape index (κ1) is 20.7. The molecule has 2 unspecified atom stereocenters. The molecule has 0 radical (unpaired) electrons. The molecule has 0 spiro atoms. The van der Waals surface area contributed by atoms with Crippen molar-refractivity contribution in [3.63, 3.8) is 0 Å². The Bertz CT molecular complexity index is 825. The summed E-state index contributed by atoms with van der Waals surface area (Å²) in [7, 11) is 1.85. The minimum atomic E-state index is 0.234. The SMILES string of the molecule is CN=C(NCCCc1ccc(O)cc1)N1CC2OCCN(Cc3ccccc3)C2C1. The number of aryl methyl sites for hydroxylation is 1. The van der Waals surface area contributed by atoms with Crippen LogP contribution >= 0.6 is 0 Å². The van der Waals surface area contributed by atoms with Crippen LogP contribution in [-0.4, -0.2) is 72.8 Å². The summed E-state index contributed by atoms with van der Waals surface area (Å²) in [6.07, 6.45) is 2.22. The van der Waals surface area contributed by atoms with Crippen molar-refractivity contribution < 1.29 is 9.84 Å². The Morgan fingerprint density at radius 3 is 2.67 bits per heavy atom. The largest absolute Gasteiger partial charge is 0.508 e. The number of benzene rings is 2. The molecule has 2 aromatic carbocycles. The van der Waals surface area contributed by atoms with Crippen LogP contribution in [0, 0.1) is 0 Å². The van der Waals surface area contributed by atoms with Crippen molar-refractivity contribution in [1.82, 2.24) is 15.1 Å². The van der Waals surface area contributed by atoms with Gasteiger partial charge in [0.2, 0.25) is 0 Å². The molecule has 2 heterocycles. The molecular formula is C24H32N4O2. The molecule has 2 fully saturated rings. The van der Waals surface area contributed by atoms with Crippen molar-refractivity contribution in [1.29, 1.82) is 0 Å². The molecule has 6 nitrogen and oxygen atoms in total. The predicted octanol–water partition coefficient (Wildman–Crippen LogP) is 2.49. The number of morpholine rings is 1. The maximum absolute atomic E-state index is 9.40. The fraction of sp³-hybridized carbons (Fsp3) is 0.458. The summed E-state index contributed by atoms with van der Waals surface area (Å²) in [4.78, 5) is 9.41. The van der Waals surface area contributed by atoms with E-state index in [1.54, 1.807) is 12.1 Å². The molecule has 160 valence electrons. The molecule has 2 aromatic rings. The number of nitrogens with zero attached hydrogens (tertiary/aromatic N) is 3. The maximum atomic E-state index is 9.40. The summed E-state index contributed by atoms with van der Waals surface area (Å²) in [5.41, 5.74) is 2.59. The lowest BCUT2D eigenvalue weighted by atomic mass is 10.1. The van der Waals surface area contributed by atoms with Crippen LogP contribution in [0.25, 0.3) is 0 Å². The zero-order valence-electron chi connectivity index (χ0n) is 17.7. The van der Waals surface area contributed by atoms with E-state index in [4.69, 9.17) is 4.74 Å². The first-order valence-corrected chi connectivity index (χ1v) is 10.9. The summed E-state index contributed by atoms with van der Waals surface area (Å²) < 4.78 is 6.10. The molecule has 0 amide bonds. The van der Waals surface area contributed by atoms with Gasteiger partial charge in [0.25, 0.3) is 0 Å². The van der Waals surface area contributed by atoms with Crippen molar-refractivity contribution in [3.8, 4) is 5.75 Å². The second-order valence-corrected chi connectivity index (χ2v) is 8.08. The van der Waals surface area contributed by atoms with Gasteiger partial charge in [-0.1, -0.05) is 42.5 Å². The number of rotatable bonds is 6. The van der Waals surface area contributed by atoms with Crippen molar-refractivity contribution in [2.75, 3.05) is 39.8 Å². The standard InChI is InChI=1S/C24H32N4O2/c1-25-24(26-13-5-8-19-9-11-21(29)12-10-19)28-17-22-23(18-28)30-15-14-27(22)16-20-6-3-2-4-7-20/h2-4,6-7,9-12,22-23,29H,5,8,13-18H2,1H3,(H,25,26). The average molecular weight is 409 g/mol. The van der Waals surface area contributed by atoms with Gasteiger partial charge in [0, 0.05) is 39.8 Å². The van der Waals surface area contributed by atoms with E-state index in [0.29, 0.717) is 11.8 Å². The Balaban J connectivity index is 1.28. The number of aliphatic imine (C=N–C) groups is 1. The Hall–Kier alpha value is -2.57. The summed E-state index contributed by atoms with van der Waals surface area (Å²) in [6, 6.07) is 18.5. The van der Waals surface area contributed by atoms with E-state index in [9.17, 15) is 5.11 Å². The first-order valence-electron chi connectivity index (χ1n) is 10.9. The van der Waals surface area contributed by atoms with Crippen LogP contribution in [0.2, 0.25) is 0 Å². The Labute approximate surface area is 179 Å². The van der Waals surface area contributed by atoms with E-state index < -0.39 is 0 Å². The molecule has 30 heavy (non-hydrogen) atoms. The van der Waals surface area contributed by atoms with Gasteiger partial charge in [-0.05, 0) is 36.1 Å². The highest BCUT2D eigenvalue weighted by Gasteiger charge is 2.41. The van der Waals surface area contributed by atoms with Gasteiger partial charge in [0.05, 0.1) is 18.8 Å². The minimum Gasteiger partial charge on any atom is -0.508 e. The van der Waals surface area contributed by atoms with Crippen molar-refractivity contribution in [2.45, 2.75) is 31.5 Å². The van der Waals surface area contributed by atoms with Crippen LogP contribution in [-0.2, 0) is 17.7 Å². The van der Waals surface area contributed by atoms with Gasteiger partial charge in [-0.15, -0.1) is 0 Å². The monoisotopic (exact) mass is 408 g/mol. The number of hydrogen-bond donors (Lipinski definition) is 2. The second kappa shape index (κ2) is 9.96. The van der Waals surface area contributed by atoms with E-state index in [0.717, 1.165) is 58.1 Å². The number of likely N-dealkylation sites (tertiary alicyclic amines) is 1. The molecule has 0 aromatic heterocycles. The molecule has 4 rings (SSSR count). The molecule has 2 N–H and O–H groups in total. The third-order valence-corrected chi connectivity index (χ3v) is 6.02. The van der Waals surface area contributed by atoms with E-state index in [-0.39, 0.29) is 6.10 Å². The van der Waals surface area contributed by atoms with Gasteiger partial charge in [-0.2, -0.15) is 0 Å². The fourth-order valence-corrected chi connectivity index (χ4v) is 4.43. The lowest BCUT2D eigenvalue weighted by Gasteiger charge is -2.36. The number of fused-ring (bicyclic) bond motifs is 1. The summed E-state index contributed by atoms with van der Waals surface area (Å²) in [6.45, 7) is 5.43. The van der Waals surface area contributed by atoms with E-state index in [2.05, 4.69) is 50.4 Å². The maximum Gasteiger partial charge on any atom is 0.193 e. The summed E-state index contributed by atoms with van der Waals surface area (Å²) >= 11 is 0. The van der Waals surface area contributed by atoms with E-state index >= 15 is 0 Å². The van der Waals surface area contributed by atoms with Crippen molar-refractivity contribution in [2.24, 2.45) is 4.99 Å². The molecule has 0 aliphatic carbocycles. The van der Waals surface area contributed by atoms with Crippen LogP contribution < -0.4 is 5.32 Å². The molecule has 2 atom stereocenters.